The minimum absolute atomic E-state index is 0.274. The first-order valence-corrected chi connectivity index (χ1v) is 7.76. The van der Waals surface area contributed by atoms with Crippen LogP contribution in [0.25, 0.3) is 0 Å². The van der Waals surface area contributed by atoms with Crippen molar-refractivity contribution >= 4 is 8.07 Å². The molecule has 1 fully saturated rings. The van der Waals surface area contributed by atoms with Gasteiger partial charge in [-0.3, -0.25) is 5.09 Å². The molecule has 17 heavy (non-hydrogen) atoms. The minimum Gasteiger partial charge on any atom is -0.292 e. The second kappa shape index (κ2) is 5.67. The van der Waals surface area contributed by atoms with Crippen molar-refractivity contribution in [2.45, 2.75) is 44.0 Å². The first-order valence-electron chi connectivity index (χ1n) is 6.28. The highest BCUT2D eigenvalue weighted by atomic mass is 31.1. The van der Waals surface area contributed by atoms with Crippen molar-refractivity contribution in [1.29, 1.82) is 0 Å². The van der Waals surface area contributed by atoms with E-state index in [0.29, 0.717) is 17.4 Å². The number of rotatable bonds is 3. The van der Waals surface area contributed by atoms with Gasteiger partial charge in [0.2, 0.25) is 0 Å². The molecule has 1 aromatic rings. The van der Waals surface area contributed by atoms with Crippen LogP contribution in [-0.4, -0.2) is 11.7 Å². The molecule has 0 amide bonds. The highest BCUT2D eigenvalue weighted by Crippen LogP contribution is 2.60. The maximum absolute atomic E-state index is 5.67. The summed E-state index contributed by atoms with van der Waals surface area (Å²) in [6.45, 7) is 4.41. The van der Waals surface area contributed by atoms with Crippen molar-refractivity contribution < 1.29 is 0 Å². The van der Waals surface area contributed by atoms with E-state index in [4.69, 9.17) is 6.42 Å². The Kier molecular flexibility index (Phi) is 4.21. The normalized spacial score (nSPS) is 28.2. The van der Waals surface area contributed by atoms with E-state index >= 15 is 0 Å². The predicted octanol–water partition coefficient (Wildman–Crippen LogP) is 3.92. The van der Waals surface area contributed by atoms with Crippen LogP contribution in [0.4, 0.5) is 0 Å². The van der Waals surface area contributed by atoms with Crippen molar-refractivity contribution in [2.75, 3.05) is 0 Å². The molecular weight excluding hydrogens is 225 g/mol. The van der Waals surface area contributed by atoms with E-state index in [9.17, 15) is 0 Å². The molecule has 2 rings (SSSR count). The van der Waals surface area contributed by atoms with E-state index in [-0.39, 0.29) is 8.07 Å². The monoisotopic (exact) mass is 245 g/mol. The Balaban J connectivity index is 2.19. The van der Waals surface area contributed by atoms with Gasteiger partial charge in [-0.2, -0.15) is 0 Å². The molecule has 0 radical (unpaired) electrons. The summed E-state index contributed by atoms with van der Waals surface area (Å²) in [4.78, 5) is 0. The number of nitrogens with one attached hydrogen (secondary N) is 1. The lowest BCUT2D eigenvalue weighted by molar-refractivity contribution is 0.750. The molecule has 1 N–H and O–H groups in total. The fourth-order valence-corrected chi connectivity index (χ4v) is 5.35. The van der Waals surface area contributed by atoms with Crippen LogP contribution in [0, 0.1) is 12.3 Å². The Bertz CT molecular complexity index is 393. The van der Waals surface area contributed by atoms with Gasteiger partial charge in [0, 0.05) is 11.7 Å². The first kappa shape index (κ1) is 12.6. The highest BCUT2D eigenvalue weighted by Gasteiger charge is 2.35. The van der Waals surface area contributed by atoms with Gasteiger partial charge in [0.15, 0.2) is 0 Å². The lowest BCUT2D eigenvalue weighted by Crippen LogP contribution is -2.21. The molecule has 1 saturated heterocycles. The van der Waals surface area contributed by atoms with Crippen LogP contribution in [0.5, 0.6) is 0 Å². The Morgan fingerprint density at radius 3 is 2.59 bits per heavy atom. The third kappa shape index (κ3) is 2.89. The van der Waals surface area contributed by atoms with Crippen LogP contribution >= 0.6 is 8.07 Å². The number of terminal acetylenes is 1. The third-order valence-corrected chi connectivity index (χ3v) is 6.29. The fraction of sp³-hybridized carbons (Fsp3) is 0.467. The molecule has 1 aliphatic rings. The maximum Gasteiger partial charge on any atom is 0.0537 e. The number of hydrogen-bond donors (Lipinski definition) is 1. The molecule has 90 valence electrons. The van der Waals surface area contributed by atoms with Gasteiger partial charge in [-0.05, 0) is 40.3 Å². The van der Waals surface area contributed by atoms with E-state index in [1.54, 1.807) is 0 Å². The minimum atomic E-state index is -0.274. The summed E-state index contributed by atoms with van der Waals surface area (Å²) in [5, 5.41) is 3.71. The van der Waals surface area contributed by atoms with Crippen LogP contribution in [0.2, 0.25) is 0 Å². The lowest BCUT2D eigenvalue weighted by atomic mass is 10.1. The third-order valence-electron chi connectivity index (χ3n) is 3.17. The Morgan fingerprint density at radius 2 is 2.00 bits per heavy atom. The van der Waals surface area contributed by atoms with Crippen molar-refractivity contribution in [3.63, 3.8) is 0 Å². The molecular formula is C15H20NP. The molecule has 0 aromatic heterocycles. The zero-order chi connectivity index (χ0) is 12.3. The number of hydrogen-bond acceptors (Lipinski definition) is 1. The van der Waals surface area contributed by atoms with Gasteiger partial charge in [0.25, 0.3) is 0 Å². The molecule has 0 aliphatic carbocycles. The van der Waals surface area contributed by atoms with E-state index in [1.165, 1.54) is 18.4 Å². The topological polar surface area (TPSA) is 12.0 Å². The van der Waals surface area contributed by atoms with Crippen molar-refractivity contribution in [2.24, 2.45) is 0 Å². The molecule has 1 nitrogen and oxygen atoms in total. The Hall–Kier alpha value is -0.830. The maximum atomic E-state index is 5.67. The zero-order valence-corrected chi connectivity index (χ0v) is 11.5. The van der Waals surface area contributed by atoms with Crippen LogP contribution < -0.4 is 5.09 Å². The highest BCUT2D eigenvalue weighted by molar-refractivity contribution is 7.57. The Labute approximate surface area is 106 Å². The van der Waals surface area contributed by atoms with Gasteiger partial charge >= 0.3 is 0 Å². The molecule has 1 aromatic carbocycles. The standard InChI is InChI=1S/C15H20NP/c1-4-14-10-11-15(17(14)16-12(2)3)13-8-6-5-7-9-13/h1,5-9,12,14-16H,10-11H2,2-3H3/t14-,15+,17?/m0/s1. The van der Waals surface area contributed by atoms with Crippen molar-refractivity contribution in [3.05, 3.63) is 35.9 Å². The smallest absolute Gasteiger partial charge is 0.0537 e. The van der Waals surface area contributed by atoms with Gasteiger partial charge in [-0.25, -0.2) is 0 Å². The van der Waals surface area contributed by atoms with Crippen LogP contribution in [-0.2, 0) is 0 Å². The number of benzene rings is 1. The van der Waals surface area contributed by atoms with E-state index in [0.717, 1.165) is 0 Å². The summed E-state index contributed by atoms with van der Waals surface area (Å²) in [6, 6.07) is 11.3. The summed E-state index contributed by atoms with van der Waals surface area (Å²) in [5.41, 5.74) is 2.52. The van der Waals surface area contributed by atoms with Gasteiger partial charge < -0.3 is 0 Å². The fourth-order valence-electron chi connectivity index (χ4n) is 2.46. The van der Waals surface area contributed by atoms with Crippen molar-refractivity contribution in [3.8, 4) is 12.3 Å². The SMILES string of the molecule is C#C[C@H]1CC[C@H](c2ccccc2)P1NC(C)C. The van der Waals surface area contributed by atoms with Crippen molar-refractivity contribution in [1.82, 2.24) is 5.09 Å². The quantitative estimate of drug-likeness (QED) is 0.628. The molecule has 0 bridgehead atoms. The van der Waals surface area contributed by atoms with Gasteiger partial charge in [0.1, 0.15) is 0 Å². The average Bonchev–Trinajstić information content (AvgIpc) is 2.72. The summed E-state index contributed by atoms with van der Waals surface area (Å²) >= 11 is 0. The van der Waals surface area contributed by atoms with Gasteiger partial charge in [0.05, 0.1) is 5.66 Å². The zero-order valence-electron chi connectivity index (χ0n) is 10.6. The average molecular weight is 245 g/mol. The van der Waals surface area contributed by atoms with E-state index < -0.39 is 0 Å². The first-order chi connectivity index (χ1) is 8.22. The van der Waals surface area contributed by atoms with Crippen LogP contribution in [0.15, 0.2) is 30.3 Å². The predicted molar refractivity (Wildman–Crippen MR) is 76.2 cm³/mol. The second-order valence-electron chi connectivity index (χ2n) is 4.88. The van der Waals surface area contributed by atoms with Gasteiger partial charge in [-0.15, -0.1) is 6.42 Å². The molecule has 0 saturated carbocycles. The molecule has 1 heterocycles. The van der Waals surface area contributed by atoms with Gasteiger partial charge in [-0.1, -0.05) is 36.3 Å². The summed E-state index contributed by atoms with van der Waals surface area (Å²) in [7, 11) is -0.274. The molecule has 1 unspecified atom stereocenters. The Morgan fingerprint density at radius 1 is 1.29 bits per heavy atom. The van der Waals surface area contributed by atoms with Crippen LogP contribution in [0.3, 0.4) is 0 Å². The second-order valence-corrected chi connectivity index (χ2v) is 7.20. The molecule has 0 spiro atoms. The summed E-state index contributed by atoms with van der Waals surface area (Å²) in [5.74, 6) is 2.99. The largest absolute Gasteiger partial charge is 0.292 e. The molecule has 2 heteroatoms. The lowest BCUT2D eigenvalue weighted by Gasteiger charge is -2.26. The van der Waals surface area contributed by atoms with E-state index in [1.807, 2.05) is 0 Å². The molecule has 3 atom stereocenters. The van der Waals surface area contributed by atoms with E-state index in [2.05, 4.69) is 55.2 Å². The van der Waals surface area contributed by atoms with Crippen LogP contribution in [0.1, 0.15) is 37.9 Å². The molecule has 1 aliphatic heterocycles. The summed E-state index contributed by atoms with van der Waals surface area (Å²) in [6.07, 6.45) is 8.06. The summed E-state index contributed by atoms with van der Waals surface area (Å²) < 4.78 is 0.